The number of alkyl halides is 3. The quantitative estimate of drug-likeness (QED) is 0.418. The molecule has 0 unspecified atom stereocenters. The second kappa shape index (κ2) is 10.5. The van der Waals surface area contributed by atoms with Crippen LogP contribution < -0.4 is 14.5 Å². The Bertz CT molecular complexity index is 1470. The van der Waals surface area contributed by atoms with E-state index in [1.54, 1.807) is 35.4 Å². The first-order chi connectivity index (χ1) is 19.0. The van der Waals surface area contributed by atoms with Gasteiger partial charge < -0.3 is 19.6 Å². The molecule has 2 atom stereocenters. The second-order valence-corrected chi connectivity index (χ2v) is 9.94. The average Bonchev–Trinajstić information content (AvgIpc) is 3.26. The van der Waals surface area contributed by atoms with Crippen LogP contribution in [-0.2, 0) is 6.18 Å². The summed E-state index contributed by atoms with van der Waals surface area (Å²) < 4.78 is 46.7. The van der Waals surface area contributed by atoms with E-state index in [-0.39, 0.29) is 42.1 Å². The van der Waals surface area contributed by atoms with Crippen molar-refractivity contribution in [2.45, 2.75) is 31.6 Å². The van der Waals surface area contributed by atoms with Gasteiger partial charge >= 0.3 is 18.2 Å². The Morgan fingerprint density at radius 3 is 2.55 bits per heavy atom. The van der Waals surface area contributed by atoms with Crippen LogP contribution in [0.3, 0.4) is 0 Å². The van der Waals surface area contributed by atoms with E-state index in [0.29, 0.717) is 29.2 Å². The number of nitrogens with zero attached hydrogens (tertiary/aromatic N) is 5. The summed E-state index contributed by atoms with van der Waals surface area (Å²) in [5.74, 6) is -0.943. The van der Waals surface area contributed by atoms with Crippen LogP contribution in [0.25, 0.3) is 11.3 Å². The highest BCUT2D eigenvalue weighted by molar-refractivity contribution is 6.30. The van der Waals surface area contributed by atoms with Crippen LogP contribution in [0.5, 0.6) is 5.88 Å². The number of aromatic carboxylic acids is 1. The number of hydrogen-bond donors (Lipinski definition) is 1. The maximum Gasteiger partial charge on any atom is 0.418 e. The molecule has 2 amide bonds. The molecule has 1 aromatic carbocycles. The smallest absolute Gasteiger partial charge is 0.418 e. The molecule has 40 heavy (non-hydrogen) atoms. The van der Waals surface area contributed by atoms with Crippen molar-refractivity contribution < 1.29 is 32.6 Å². The number of ether oxygens (including phenoxy) is 1. The number of carboxylic acid groups (broad SMARTS) is 1. The largest absolute Gasteiger partial charge is 0.481 e. The number of piperazine rings is 1. The van der Waals surface area contributed by atoms with Crippen molar-refractivity contribution in [3.8, 4) is 17.1 Å². The average molecular weight is 576 g/mol. The number of carbonyl (C=O) groups is 2. The molecule has 0 saturated carbocycles. The van der Waals surface area contributed by atoms with Crippen LogP contribution in [0.4, 0.5) is 29.3 Å². The molecule has 4 heterocycles. The van der Waals surface area contributed by atoms with Gasteiger partial charge in [-0.1, -0.05) is 18.5 Å². The van der Waals surface area contributed by atoms with E-state index >= 15 is 0 Å². The van der Waals surface area contributed by atoms with Crippen LogP contribution in [0, 0.1) is 0 Å². The number of fused-ring (bicyclic) bond motifs is 1. The van der Waals surface area contributed by atoms with E-state index in [0.717, 1.165) is 11.0 Å². The number of anilines is 2. The zero-order chi connectivity index (χ0) is 28.8. The molecule has 2 fully saturated rings. The number of rotatable bonds is 6. The highest BCUT2D eigenvalue weighted by Crippen LogP contribution is 2.41. The number of halogens is 4. The third-order valence-corrected chi connectivity index (χ3v) is 7.45. The SMILES string of the molecule is CC[C@@H]1CN2C(=O)N(c3ccc(Cl)cc3C(F)(F)F)C[C@@H]2CN1c1ccc(-c2cccnc2OC)nc1C(=O)O. The van der Waals surface area contributed by atoms with E-state index < -0.39 is 29.8 Å². The molecule has 2 aliphatic rings. The molecule has 0 bridgehead atoms. The van der Waals surface area contributed by atoms with Gasteiger partial charge in [0.2, 0.25) is 5.88 Å². The first-order valence-electron chi connectivity index (χ1n) is 12.5. The lowest BCUT2D eigenvalue weighted by Crippen LogP contribution is -2.57. The first kappa shape index (κ1) is 27.5. The minimum absolute atomic E-state index is 0.00270. The minimum Gasteiger partial charge on any atom is -0.481 e. The molecule has 0 radical (unpaired) electrons. The van der Waals surface area contributed by atoms with Gasteiger partial charge in [0.25, 0.3) is 0 Å². The van der Waals surface area contributed by atoms with Crippen molar-refractivity contribution >= 4 is 35.0 Å². The standard InChI is InChI=1S/C27H25ClF3N5O4/c1-3-16-12-35-17(14-36(26(35)39)21-8-6-15(28)11-19(21)27(29,30)31)13-34(16)22-9-7-20(33-23(22)25(37)38)18-5-4-10-32-24(18)40-2/h4-11,16-17H,3,12-14H2,1-2H3,(H,37,38)/t16-,17+/m1/s1. The molecule has 0 aliphatic carbocycles. The van der Waals surface area contributed by atoms with Crippen molar-refractivity contribution in [1.82, 2.24) is 14.9 Å². The van der Waals surface area contributed by atoms with Gasteiger partial charge in [-0.25, -0.2) is 19.6 Å². The zero-order valence-electron chi connectivity index (χ0n) is 21.5. The van der Waals surface area contributed by atoms with Crippen LogP contribution >= 0.6 is 11.6 Å². The molecule has 2 aromatic heterocycles. The first-order valence-corrected chi connectivity index (χ1v) is 12.9. The molecule has 0 spiro atoms. The van der Waals surface area contributed by atoms with Crippen molar-refractivity contribution in [2.75, 3.05) is 36.5 Å². The third-order valence-electron chi connectivity index (χ3n) is 7.22. The van der Waals surface area contributed by atoms with Gasteiger partial charge in [0.1, 0.15) is 0 Å². The Morgan fingerprint density at radius 2 is 1.88 bits per heavy atom. The van der Waals surface area contributed by atoms with Crippen molar-refractivity contribution in [2.24, 2.45) is 0 Å². The molecule has 3 aromatic rings. The summed E-state index contributed by atoms with van der Waals surface area (Å²) in [7, 11) is 1.46. The molecular formula is C27H25ClF3N5O4. The number of benzene rings is 1. The number of pyridine rings is 2. The number of amides is 2. The van der Waals surface area contributed by atoms with Gasteiger partial charge in [-0.15, -0.1) is 0 Å². The highest BCUT2D eigenvalue weighted by Gasteiger charge is 2.47. The number of aromatic nitrogens is 2. The van der Waals surface area contributed by atoms with Gasteiger partial charge in [-0.3, -0.25) is 4.90 Å². The summed E-state index contributed by atoms with van der Waals surface area (Å²) in [6.07, 6.45) is -2.60. The lowest BCUT2D eigenvalue weighted by atomic mass is 10.0. The summed E-state index contributed by atoms with van der Waals surface area (Å²) in [4.78, 5) is 38.8. The van der Waals surface area contributed by atoms with Crippen molar-refractivity contribution in [1.29, 1.82) is 0 Å². The Labute approximate surface area is 232 Å². The van der Waals surface area contributed by atoms with Gasteiger partial charge in [-0.05, 0) is 48.9 Å². The molecule has 5 rings (SSSR count). The second-order valence-electron chi connectivity index (χ2n) is 9.50. The monoisotopic (exact) mass is 575 g/mol. The lowest BCUT2D eigenvalue weighted by Gasteiger charge is -2.44. The van der Waals surface area contributed by atoms with Gasteiger partial charge in [0.05, 0.1) is 41.3 Å². The Morgan fingerprint density at radius 1 is 1.12 bits per heavy atom. The summed E-state index contributed by atoms with van der Waals surface area (Å²) >= 11 is 5.84. The van der Waals surface area contributed by atoms with Gasteiger partial charge in [-0.2, -0.15) is 13.2 Å². The number of carbonyl (C=O) groups excluding carboxylic acids is 1. The highest BCUT2D eigenvalue weighted by atomic mass is 35.5. The summed E-state index contributed by atoms with van der Waals surface area (Å²) in [5, 5.41) is 9.99. The van der Waals surface area contributed by atoms with E-state index in [9.17, 15) is 27.9 Å². The van der Waals surface area contributed by atoms with Gasteiger partial charge in [0.15, 0.2) is 5.69 Å². The number of hydrogen-bond acceptors (Lipinski definition) is 6. The molecule has 210 valence electrons. The molecule has 9 nitrogen and oxygen atoms in total. The Balaban J connectivity index is 1.49. The minimum atomic E-state index is -4.71. The predicted molar refractivity (Wildman–Crippen MR) is 142 cm³/mol. The summed E-state index contributed by atoms with van der Waals surface area (Å²) in [6.45, 7) is 2.33. The number of carboxylic acids is 1. The van der Waals surface area contributed by atoms with Crippen LogP contribution in [-0.4, -0.2) is 70.8 Å². The number of urea groups is 1. The van der Waals surface area contributed by atoms with Crippen molar-refractivity contribution in [3.63, 3.8) is 0 Å². The van der Waals surface area contributed by atoms with E-state index in [2.05, 4.69) is 9.97 Å². The molecule has 2 aliphatic heterocycles. The van der Waals surface area contributed by atoms with E-state index in [1.807, 2.05) is 11.8 Å². The van der Waals surface area contributed by atoms with E-state index in [1.165, 1.54) is 19.2 Å². The lowest BCUT2D eigenvalue weighted by molar-refractivity contribution is -0.137. The third kappa shape index (κ3) is 4.87. The summed E-state index contributed by atoms with van der Waals surface area (Å²) in [5.41, 5.74) is -0.194. The zero-order valence-corrected chi connectivity index (χ0v) is 22.3. The maximum atomic E-state index is 13.8. The number of methoxy groups -OCH3 is 1. The van der Waals surface area contributed by atoms with Crippen molar-refractivity contribution in [3.05, 3.63) is 64.9 Å². The van der Waals surface area contributed by atoms with E-state index in [4.69, 9.17) is 16.3 Å². The molecule has 1 N–H and O–H groups in total. The molecule has 13 heteroatoms. The van der Waals surface area contributed by atoms with Crippen LogP contribution in [0.2, 0.25) is 5.02 Å². The van der Waals surface area contributed by atoms with Crippen LogP contribution in [0.1, 0.15) is 29.4 Å². The normalized spacial score (nSPS) is 19.1. The summed E-state index contributed by atoms with van der Waals surface area (Å²) in [6, 6.07) is 8.78. The topological polar surface area (TPSA) is 99.1 Å². The Hall–Kier alpha value is -4.06. The predicted octanol–water partition coefficient (Wildman–Crippen LogP) is 5.43. The molecule has 2 saturated heterocycles. The fourth-order valence-corrected chi connectivity index (χ4v) is 5.51. The van der Waals surface area contributed by atoms with Gasteiger partial charge in [0, 0.05) is 36.9 Å². The maximum absolute atomic E-state index is 13.8. The van der Waals surface area contributed by atoms with Crippen LogP contribution in [0.15, 0.2) is 48.7 Å². The fraction of sp³-hybridized carbons (Fsp3) is 0.333. The molecular weight excluding hydrogens is 551 g/mol. The Kier molecular flexibility index (Phi) is 7.21. The fourth-order valence-electron chi connectivity index (χ4n) is 5.34.